The molecule has 0 bridgehead atoms. The van der Waals surface area contributed by atoms with Crippen LogP contribution in [0.1, 0.15) is 45.2 Å². The summed E-state index contributed by atoms with van der Waals surface area (Å²) < 4.78 is 32.9. The zero-order valence-corrected chi connectivity index (χ0v) is 15.2. The molecule has 0 aliphatic rings. The number of rotatable bonds is 7. The molecular formula is C18H25F2N3O2. The molecule has 0 fully saturated rings. The predicted octanol–water partition coefficient (Wildman–Crippen LogP) is 3.57. The van der Waals surface area contributed by atoms with Crippen LogP contribution in [0.25, 0.3) is 0 Å². The van der Waals surface area contributed by atoms with Gasteiger partial charge in [0.15, 0.2) is 0 Å². The molecule has 0 aliphatic heterocycles. The average Bonchev–Trinajstić information content (AvgIpc) is 2.50. The Morgan fingerprint density at radius 1 is 1.28 bits per heavy atom. The van der Waals surface area contributed by atoms with Crippen molar-refractivity contribution in [3.8, 4) is 6.07 Å². The first-order valence-electron chi connectivity index (χ1n) is 8.24. The summed E-state index contributed by atoms with van der Waals surface area (Å²) in [6.07, 6.45) is 0.366. The summed E-state index contributed by atoms with van der Waals surface area (Å²) in [5.41, 5.74) is -0.762. The summed E-state index contributed by atoms with van der Waals surface area (Å²) in [5.74, 6) is -1.52. The second-order valence-corrected chi connectivity index (χ2v) is 6.67. The Morgan fingerprint density at radius 3 is 2.36 bits per heavy atom. The van der Waals surface area contributed by atoms with E-state index in [1.807, 2.05) is 6.92 Å². The van der Waals surface area contributed by atoms with E-state index in [2.05, 4.69) is 5.32 Å². The average molecular weight is 353 g/mol. The lowest BCUT2D eigenvalue weighted by Gasteiger charge is -2.27. The fourth-order valence-corrected chi connectivity index (χ4v) is 2.15. The van der Waals surface area contributed by atoms with Crippen LogP contribution in [-0.2, 0) is 11.3 Å². The number of nitrogens with one attached hydrogen (secondary N) is 1. The Bertz CT molecular complexity index is 613. The number of amides is 1. The lowest BCUT2D eigenvalue weighted by molar-refractivity contribution is 0.0251. The van der Waals surface area contributed by atoms with Crippen molar-refractivity contribution in [2.24, 2.45) is 0 Å². The van der Waals surface area contributed by atoms with Crippen LogP contribution in [0.4, 0.5) is 13.6 Å². The van der Waals surface area contributed by atoms with Gasteiger partial charge in [-0.05, 0) is 39.3 Å². The lowest BCUT2D eigenvalue weighted by Crippen LogP contribution is -2.40. The smallest absolute Gasteiger partial charge is 0.410 e. The van der Waals surface area contributed by atoms with Crippen molar-refractivity contribution in [1.29, 1.82) is 5.26 Å². The Morgan fingerprint density at radius 2 is 1.88 bits per heavy atom. The molecule has 1 aromatic carbocycles. The van der Waals surface area contributed by atoms with Crippen molar-refractivity contribution < 1.29 is 18.3 Å². The molecule has 0 aromatic heterocycles. The molecule has 25 heavy (non-hydrogen) atoms. The Kier molecular flexibility index (Phi) is 7.78. The number of benzene rings is 1. The highest BCUT2D eigenvalue weighted by molar-refractivity contribution is 5.68. The molecular weight excluding hydrogens is 328 g/mol. The molecule has 7 heteroatoms. The van der Waals surface area contributed by atoms with E-state index < -0.39 is 23.3 Å². The van der Waals surface area contributed by atoms with Crippen molar-refractivity contribution in [2.45, 2.75) is 46.3 Å². The van der Waals surface area contributed by atoms with Crippen molar-refractivity contribution in [2.75, 3.05) is 19.6 Å². The van der Waals surface area contributed by atoms with E-state index in [1.54, 1.807) is 31.7 Å². The van der Waals surface area contributed by atoms with Crippen LogP contribution >= 0.6 is 0 Å². The number of carbonyl (C=O) groups excluding carboxylic acids is 1. The van der Waals surface area contributed by atoms with Crippen molar-refractivity contribution in [3.05, 3.63) is 34.9 Å². The first-order valence-corrected chi connectivity index (χ1v) is 8.24. The summed E-state index contributed by atoms with van der Waals surface area (Å²) in [6, 6.07) is 3.71. The molecule has 0 aliphatic carbocycles. The van der Waals surface area contributed by atoms with Gasteiger partial charge in [0.2, 0.25) is 0 Å². The summed E-state index contributed by atoms with van der Waals surface area (Å²) in [5, 5.41) is 11.6. The fraction of sp³-hybridized carbons (Fsp3) is 0.556. The van der Waals surface area contributed by atoms with E-state index in [1.165, 1.54) is 0 Å². The third-order valence-corrected chi connectivity index (χ3v) is 3.28. The molecule has 0 saturated heterocycles. The number of carbonyl (C=O) groups is 1. The molecule has 0 saturated carbocycles. The zero-order chi connectivity index (χ0) is 19.0. The van der Waals surface area contributed by atoms with E-state index in [0.717, 1.165) is 18.6 Å². The summed E-state index contributed by atoms with van der Waals surface area (Å²) in [7, 11) is 0. The minimum atomic E-state index is -0.762. The minimum absolute atomic E-state index is 0.0301. The molecule has 1 N–H and O–H groups in total. The van der Waals surface area contributed by atoms with Gasteiger partial charge in [-0.2, -0.15) is 5.26 Å². The highest BCUT2D eigenvalue weighted by Crippen LogP contribution is 2.15. The summed E-state index contributed by atoms with van der Waals surface area (Å²) in [6.45, 7) is 8.57. The molecule has 1 amide bonds. The second-order valence-electron chi connectivity index (χ2n) is 6.67. The van der Waals surface area contributed by atoms with Gasteiger partial charge in [0.25, 0.3) is 0 Å². The van der Waals surface area contributed by atoms with Gasteiger partial charge in [-0.25, -0.2) is 13.6 Å². The van der Waals surface area contributed by atoms with E-state index in [4.69, 9.17) is 10.00 Å². The third kappa shape index (κ3) is 7.06. The molecule has 1 aromatic rings. The van der Waals surface area contributed by atoms with E-state index in [-0.39, 0.29) is 17.7 Å². The Hall–Kier alpha value is -2.20. The van der Waals surface area contributed by atoms with Gasteiger partial charge in [-0.1, -0.05) is 6.92 Å². The molecule has 1 rings (SSSR count). The highest BCUT2D eigenvalue weighted by Gasteiger charge is 2.21. The van der Waals surface area contributed by atoms with Crippen molar-refractivity contribution in [1.82, 2.24) is 10.2 Å². The van der Waals surface area contributed by atoms with Crippen LogP contribution in [0.3, 0.4) is 0 Å². The molecule has 0 atom stereocenters. The second kappa shape index (κ2) is 9.33. The van der Waals surface area contributed by atoms with Gasteiger partial charge in [-0.3, -0.25) is 0 Å². The van der Waals surface area contributed by atoms with Gasteiger partial charge in [-0.15, -0.1) is 0 Å². The maximum atomic E-state index is 13.8. The first kappa shape index (κ1) is 20.8. The van der Waals surface area contributed by atoms with Gasteiger partial charge in [0.05, 0.1) is 11.6 Å². The van der Waals surface area contributed by atoms with E-state index >= 15 is 0 Å². The highest BCUT2D eigenvalue weighted by atomic mass is 19.1. The van der Waals surface area contributed by atoms with Crippen LogP contribution in [0.5, 0.6) is 0 Å². The van der Waals surface area contributed by atoms with Gasteiger partial charge in [0, 0.05) is 31.7 Å². The number of hydrogen-bond donors (Lipinski definition) is 1. The fourth-order valence-electron chi connectivity index (χ4n) is 2.15. The maximum Gasteiger partial charge on any atom is 0.410 e. The van der Waals surface area contributed by atoms with Gasteiger partial charge < -0.3 is 15.0 Å². The third-order valence-electron chi connectivity index (χ3n) is 3.28. The lowest BCUT2D eigenvalue weighted by atomic mass is 10.1. The quantitative estimate of drug-likeness (QED) is 0.761. The first-order chi connectivity index (χ1) is 11.7. The normalized spacial score (nSPS) is 11.1. The van der Waals surface area contributed by atoms with E-state index in [9.17, 15) is 13.6 Å². The van der Waals surface area contributed by atoms with Gasteiger partial charge in [0.1, 0.15) is 17.2 Å². The topological polar surface area (TPSA) is 65.4 Å². The SMILES string of the molecule is CCCN(CCNCc1c(F)cc(C#N)cc1F)C(=O)OC(C)(C)C. The number of nitrogens with zero attached hydrogens (tertiary/aromatic N) is 2. The van der Waals surface area contributed by atoms with Crippen molar-refractivity contribution in [3.63, 3.8) is 0 Å². The van der Waals surface area contributed by atoms with Crippen LogP contribution in [0, 0.1) is 23.0 Å². The number of hydrogen-bond acceptors (Lipinski definition) is 4. The van der Waals surface area contributed by atoms with Crippen LogP contribution in [-0.4, -0.2) is 36.2 Å². The van der Waals surface area contributed by atoms with Crippen LogP contribution in [0.15, 0.2) is 12.1 Å². The number of ether oxygens (including phenoxy) is 1. The minimum Gasteiger partial charge on any atom is -0.444 e. The monoisotopic (exact) mass is 353 g/mol. The molecule has 5 nitrogen and oxygen atoms in total. The predicted molar refractivity (Wildman–Crippen MR) is 90.9 cm³/mol. The summed E-state index contributed by atoms with van der Waals surface area (Å²) >= 11 is 0. The zero-order valence-electron chi connectivity index (χ0n) is 15.2. The molecule has 0 radical (unpaired) electrons. The molecule has 138 valence electrons. The Labute approximate surface area is 147 Å². The maximum absolute atomic E-state index is 13.8. The number of nitriles is 1. The van der Waals surface area contributed by atoms with Crippen LogP contribution in [0.2, 0.25) is 0 Å². The van der Waals surface area contributed by atoms with Gasteiger partial charge >= 0.3 is 6.09 Å². The molecule has 0 heterocycles. The molecule has 0 spiro atoms. The summed E-state index contributed by atoms with van der Waals surface area (Å²) in [4.78, 5) is 13.7. The largest absolute Gasteiger partial charge is 0.444 e. The van der Waals surface area contributed by atoms with Crippen LogP contribution < -0.4 is 5.32 Å². The molecule has 0 unspecified atom stereocenters. The number of halogens is 2. The Balaban J connectivity index is 2.57. The standard InChI is InChI=1S/C18H25F2N3O2/c1-5-7-23(17(24)25-18(2,3)4)8-6-22-12-14-15(19)9-13(11-21)10-16(14)20/h9-10,22H,5-8,12H2,1-4H3. The van der Waals surface area contributed by atoms with E-state index in [0.29, 0.717) is 19.6 Å². The van der Waals surface area contributed by atoms with Crippen molar-refractivity contribution >= 4 is 6.09 Å².